The van der Waals surface area contributed by atoms with Crippen LogP contribution in [-0.4, -0.2) is 37.1 Å². The van der Waals surface area contributed by atoms with Crippen LogP contribution in [0.2, 0.25) is 0 Å². The Morgan fingerprint density at radius 1 is 0.754 bits per heavy atom. The van der Waals surface area contributed by atoms with Crippen molar-refractivity contribution in [3.05, 3.63) is 69.9 Å². The summed E-state index contributed by atoms with van der Waals surface area (Å²) in [4.78, 5) is 56.8. The fourth-order valence-corrected chi connectivity index (χ4v) is 12.0. The molecule has 3 saturated carbocycles. The van der Waals surface area contributed by atoms with Crippen LogP contribution in [0.4, 0.5) is 0 Å². The summed E-state index contributed by atoms with van der Waals surface area (Å²) >= 11 is 2.41. The van der Waals surface area contributed by atoms with E-state index < -0.39 is 23.3 Å². The predicted octanol–water partition coefficient (Wildman–Crippen LogP) is 12.7. The van der Waals surface area contributed by atoms with Crippen LogP contribution in [0.25, 0.3) is 4.85 Å². The fraction of sp³-hybridized carbons (Fsp3) is 0.577. The van der Waals surface area contributed by atoms with Gasteiger partial charge in [0.05, 0.1) is 57.6 Å². The lowest BCUT2D eigenvalue weighted by atomic mass is 9.69. The normalized spacial score (nSPS) is 23.7. The van der Waals surface area contributed by atoms with Gasteiger partial charge >= 0.3 is 23.9 Å². The zero-order chi connectivity index (χ0) is 46.5. The second-order valence-electron chi connectivity index (χ2n) is 18.9. The lowest BCUT2D eigenvalue weighted by molar-refractivity contribution is -0.145. The number of benzene rings is 2. The molecule has 0 bridgehead atoms. The minimum Gasteiger partial charge on any atom is -0.494 e. The molecule has 13 heteroatoms. The van der Waals surface area contributed by atoms with Crippen LogP contribution in [0.1, 0.15) is 142 Å². The zero-order valence-corrected chi connectivity index (χ0v) is 40.1. The number of carbonyl (C=O) groups excluding carboxylic acids is 4. The van der Waals surface area contributed by atoms with Crippen molar-refractivity contribution in [2.75, 3.05) is 13.2 Å². The van der Waals surface area contributed by atoms with Gasteiger partial charge in [-0.05, 0) is 143 Å². The maximum atomic E-state index is 14.0. The number of unbranched alkanes of at least 4 members (excludes halogenated alkanes) is 3. The van der Waals surface area contributed by atoms with Crippen molar-refractivity contribution in [1.82, 2.24) is 0 Å². The van der Waals surface area contributed by atoms with Crippen LogP contribution in [0.5, 0.6) is 23.0 Å². The maximum absolute atomic E-state index is 14.0. The van der Waals surface area contributed by atoms with Gasteiger partial charge in [0.25, 0.3) is 5.70 Å². The first kappa shape index (κ1) is 49.7. The van der Waals surface area contributed by atoms with Crippen LogP contribution in [-0.2, 0) is 29.3 Å². The number of nitrogens with zero attached hydrogens (tertiary/aromatic N) is 2. The molecule has 3 aliphatic carbocycles. The van der Waals surface area contributed by atoms with Crippen molar-refractivity contribution in [2.45, 2.75) is 152 Å². The lowest BCUT2D eigenvalue weighted by Gasteiger charge is -2.37. The summed E-state index contributed by atoms with van der Waals surface area (Å²) in [6, 6.07) is 10.8. The van der Waals surface area contributed by atoms with Gasteiger partial charge in [-0.1, -0.05) is 77.1 Å². The molecule has 0 N–H and O–H groups in total. The first-order chi connectivity index (χ1) is 31.3. The van der Waals surface area contributed by atoms with E-state index >= 15 is 0 Å². The Morgan fingerprint density at radius 2 is 1.28 bits per heavy atom. The molecular formula is C52H64N2O9S2. The van der Waals surface area contributed by atoms with E-state index in [1.54, 1.807) is 30.3 Å². The van der Waals surface area contributed by atoms with Gasteiger partial charge in [-0.25, -0.2) is 14.9 Å². The minimum atomic E-state index is -0.534. The van der Waals surface area contributed by atoms with Gasteiger partial charge < -0.3 is 23.7 Å². The number of thioether (sulfide) groups is 2. The number of nitriles is 1. The summed E-state index contributed by atoms with van der Waals surface area (Å²) in [6.07, 6.45) is 16.6. The molecular weight excluding hydrogens is 861 g/mol. The number of esters is 4. The van der Waals surface area contributed by atoms with Gasteiger partial charge in [0.1, 0.15) is 23.0 Å². The minimum absolute atomic E-state index is 0.0748. The van der Waals surface area contributed by atoms with E-state index in [9.17, 15) is 24.4 Å². The molecule has 0 aromatic heterocycles. The highest BCUT2D eigenvalue weighted by atomic mass is 32.2. The maximum Gasteiger partial charge on any atom is 0.330 e. The molecule has 348 valence electrons. The molecule has 4 aliphatic rings. The van der Waals surface area contributed by atoms with Crippen molar-refractivity contribution in [2.24, 2.45) is 35.5 Å². The Kier molecular flexibility index (Phi) is 18.1. The van der Waals surface area contributed by atoms with Gasteiger partial charge in [-0.2, -0.15) is 0 Å². The zero-order valence-electron chi connectivity index (χ0n) is 38.5. The number of rotatable bonds is 17. The van der Waals surface area contributed by atoms with Crippen molar-refractivity contribution in [3.8, 4) is 29.1 Å². The largest absolute Gasteiger partial charge is 0.494 e. The molecule has 0 spiro atoms. The monoisotopic (exact) mass is 924 g/mol. The average molecular weight is 925 g/mol. The van der Waals surface area contributed by atoms with Gasteiger partial charge in [-0.3, -0.25) is 14.4 Å². The molecule has 1 aliphatic heterocycles. The van der Waals surface area contributed by atoms with E-state index in [1.807, 2.05) is 26.8 Å². The third-order valence-corrected chi connectivity index (χ3v) is 16.2. The molecule has 0 radical (unpaired) electrons. The first-order valence-electron chi connectivity index (χ1n) is 23.6. The summed E-state index contributed by atoms with van der Waals surface area (Å²) in [5, 5.41) is 9.82. The highest BCUT2D eigenvalue weighted by Gasteiger charge is 2.39. The van der Waals surface area contributed by atoms with E-state index in [4.69, 9.17) is 30.3 Å². The number of carbonyl (C=O) groups is 4. The molecule has 0 amide bonds. The van der Waals surface area contributed by atoms with Crippen molar-refractivity contribution < 1.29 is 42.9 Å². The van der Waals surface area contributed by atoms with E-state index in [1.165, 1.54) is 55.6 Å². The topological polar surface area (TPSA) is 143 Å². The predicted molar refractivity (Wildman–Crippen MR) is 251 cm³/mol. The summed E-state index contributed by atoms with van der Waals surface area (Å²) in [7, 11) is 0. The highest BCUT2D eigenvalue weighted by molar-refractivity contribution is 8.24. The molecule has 2 aromatic rings. The van der Waals surface area contributed by atoms with Gasteiger partial charge in [0.15, 0.2) is 0 Å². The highest BCUT2D eigenvalue weighted by Crippen LogP contribution is 2.61. The number of ether oxygens (including phenoxy) is 5. The third kappa shape index (κ3) is 13.4. The Labute approximate surface area is 393 Å². The van der Waals surface area contributed by atoms with E-state index in [0.717, 1.165) is 69.3 Å². The Bertz CT molecular complexity index is 2130. The Hall–Kier alpha value is -4.72. The van der Waals surface area contributed by atoms with Crippen molar-refractivity contribution in [3.63, 3.8) is 0 Å². The van der Waals surface area contributed by atoms with Crippen molar-refractivity contribution in [1.29, 1.82) is 5.26 Å². The van der Waals surface area contributed by atoms with Gasteiger partial charge in [-0.15, -0.1) is 0 Å². The number of allylic oxidation sites excluding steroid dienone is 1. The van der Waals surface area contributed by atoms with Crippen LogP contribution < -0.4 is 18.9 Å². The Morgan fingerprint density at radius 3 is 1.83 bits per heavy atom. The average Bonchev–Trinajstić information content (AvgIpc) is 3.77. The van der Waals surface area contributed by atoms with Crippen molar-refractivity contribution >= 4 is 47.4 Å². The Balaban J connectivity index is 1.04. The molecule has 2 aromatic carbocycles. The molecule has 11 nitrogen and oxygen atoms in total. The molecule has 65 heavy (non-hydrogen) atoms. The van der Waals surface area contributed by atoms with Crippen LogP contribution >= 0.6 is 23.5 Å². The van der Waals surface area contributed by atoms with Crippen LogP contribution in [0.3, 0.4) is 0 Å². The molecule has 6 rings (SSSR count). The number of hydrogen-bond acceptors (Lipinski definition) is 12. The molecule has 0 unspecified atom stereocenters. The van der Waals surface area contributed by atoms with E-state index in [-0.39, 0.29) is 29.5 Å². The lowest BCUT2D eigenvalue weighted by Crippen LogP contribution is -2.31. The van der Waals surface area contributed by atoms with Gasteiger partial charge in [0, 0.05) is 11.6 Å². The molecule has 0 atom stereocenters. The summed E-state index contributed by atoms with van der Waals surface area (Å²) < 4.78 is 29.6. The molecule has 3 fully saturated rings. The molecule has 0 saturated heterocycles. The number of fused-ring (bicyclic) bond motifs is 1. The third-order valence-electron chi connectivity index (χ3n) is 13.6. The molecule has 1 heterocycles. The first-order valence-corrected chi connectivity index (χ1v) is 25.2. The standard InChI is InChI=1S/C52H64N2O9S2/c1-7-33-13-15-34(16-14-33)35-17-19-37(20-18-35)49(57)62-43-31-41(52(3,4)5)45(47-46(43)64-51(65-47)42(32-53)54-6)63-50(58)38-23-21-36(22-24-38)48(56)61-40-27-25-39(26-28-40)59-29-11-9-10-12-30-60-44(55)8-2/h8,25-28,31,33-38H,2,7,9-24,29-30H2,1,3-5H3/b51-42-. The summed E-state index contributed by atoms with van der Waals surface area (Å²) in [5.74, 6) is 1.64. The summed E-state index contributed by atoms with van der Waals surface area (Å²) in [6.45, 7) is 20.3. The second-order valence-corrected chi connectivity index (χ2v) is 21.2. The van der Waals surface area contributed by atoms with E-state index in [2.05, 4.69) is 18.3 Å². The smallest absolute Gasteiger partial charge is 0.330 e. The second kappa shape index (κ2) is 23.6. The van der Waals surface area contributed by atoms with E-state index in [0.29, 0.717) is 87.4 Å². The number of hydrogen-bond donors (Lipinski definition) is 0. The van der Waals surface area contributed by atoms with Crippen LogP contribution in [0, 0.1) is 53.4 Å². The quantitative estimate of drug-likeness (QED) is 0.0372. The van der Waals surface area contributed by atoms with Gasteiger partial charge in [0.2, 0.25) is 0 Å². The fourth-order valence-electron chi connectivity index (χ4n) is 9.56. The summed E-state index contributed by atoms with van der Waals surface area (Å²) in [5.41, 5.74) is 0.0751. The SMILES string of the molecule is [C-]#[N+]/C(C#N)=C1/Sc2c(OC(=O)C3CCC(C4CCC(CC)CC4)CC3)cc(C(C)(C)C)c(OC(=O)C3CCC(C(=O)Oc4ccc(OCCCCCCOC(=O)C=C)cc4)CC3)c2S1. The van der Waals surface area contributed by atoms with Crippen LogP contribution in [0.15, 0.2) is 62.7 Å².